The van der Waals surface area contributed by atoms with Gasteiger partial charge in [0.25, 0.3) is 0 Å². The Balaban J connectivity index is 1.90. The number of pyridine rings is 2. The van der Waals surface area contributed by atoms with Gasteiger partial charge in [0.2, 0.25) is 0 Å². The summed E-state index contributed by atoms with van der Waals surface area (Å²) in [5.74, 6) is 0.399. The third kappa shape index (κ3) is 2.47. The number of amidine groups is 1. The van der Waals surface area contributed by atoms with E-state index >= 15 is 0 Å². The molecule has 2 atom stereocenters. The maximum Gasteiger partial charge on any atom is 0.147 e. The van der Waals surface area contributed by atoms with Gasteiger partial charge in [-0.25, -0.2) is 4.39 Å². The van der Waals surface area contributed by atoms with Crippen LogP contribution in [0, 0.1) is 12.7 Å². The lowest BCUT2D eigenvalue weighted by molar-refractivity contribution is 0.411. The Labute approximate surface area is 151 Å². The zero-order chi connectivity index (χ0) is 18.1. The van der Waals surface area contributed by atoms with Crippen molar-refractivity contribution in [3.63, 3.8) is 0 Å². The zero-order valence-corrected chi connectivity index (χ0v) is 14.6. The van der Waals surface area contributed by atoms with Gasteiger partial charge in [0, 0.05) is 29.7 Å². The molecular formula is C21H19FN4. The Kier molecular flexibility index (Phi) is 3.99. The van der Waals surface area contributed by atoms with Crippen molar-refractivity contribution in [2.45, 2.75) is 25.4 Å². The molecule has 0 saturated carbocycles. The van der Waals surface area contributed by atoms with Crippen LogP contribution in [0.5, 0.6) is 0 Å². The van der Waals surface area contributed by atoms with Crippen LogP contribution in [-0.2, 0) is 5.54 Å². The van der Waals surface area contributed by atoms with Crippen molar-refractivity contribution >= 4 is 5.84 Å². The van der Waals surface area contributed by atoms with Gasteiger partial charge >= 0.3 is 0 Å². The molecule has 1 aliphatic rings. The number of rotatable bonds is 3. The van der Waals surface area contributed by atoms with E-state index in [-0.39, 0.29) is 11.9 Å². The summed E-state index contributed by atoms with van der Waals surface area (Å²) in [7, 11) is 0. The Morgan fingerprint density at radius 1 is 1.00 bits per heavy atom. The fourth-order valence-electron chi connectivity index (χ4n) is 3.65. The fraction of sp³-hybridized carbons (Fsp3) is 0.190. The van der Waals surface area contributed by atoms with E-state index in [1.165, 1.54) is 6.20 Å². The maximum atomic E-state index is 14.8. The second-order valence-electron chi connectivity index (χ2n) is 6.50. The van der Waals surface area contributed by atoms with Crippen LogP contribution in [0.1, 0.15) is 29.2 Å². The van der Waals surface area contributed by atoms with Crippen LogP contribution in [0.4, 0.5) is 4.39 Å². The highest BCUT2D eigenvalue weighted by Crippen LogP contribution is 2.39. The zero-order valence-electron chi connectivity index (χ0n) is 14.6. The highest BCUT2D eigenvalue weighted by molar-refractivity contribution is 6.02. The molecule has 1 unspecified atom stereocenters. The molecule has 0 radical (unpaired) electrons. The molecular weight excluding hydrogens is 327 g/mol. The van der Waals surface area contributed by atoms with E-state index in [2.05, 4.69) is 15.3 Å². The largest absolute Gasteiger partial charge is 0.354 e. The van der Waals surface area contributed by atoms with E-state index in [0.29, 0.717) is 5.56 Å². The summed E-state index contributed by atoms with van der Waals surface area (Å²) in [4.78, 5) is 12.9. The summed E-state index contributed by atoms with van der Waals surface area (Å²) in [5, 5.41) is 3.54. The average molecular weight is 346 g/mol. The van der Waals surface area contributed by atoms with Gasteiger partial charge < -0.3 is 5.32 Å². The molecule has 0 spiro atoms. The van der Waals surface area contributed by atoms with Gasteiger partial charge in [0.15, 0.2) is 0 Å². The smallest absolute Gasteiger partial charge is 0.147 e. The molecule has 2 aromatic heterocycles. The number of aromatic nitrogens is 2. The van der Waals surface area contributed by atoms with Crippen LogP contribution in [0.3, 0.4) is 0 Å². The highest BCUT2D eigenvalue weighted by atomic mass is 19.1. The van der Waals surface area contributed by atoms with Gasteiger partial charge in [-0.3, -0.25) is 15.0 Å². The summed E-state index contributed by atoms with van der Waals surface area (Å²) in [6, 6.07) is 13.3. The first-order valence-electron chi connectivity index (χ1n) is 8.55. The molecule has 3 heterocycles. The molecule has 5 heteroatoms. The van der Waals surface area contributed by atoms with Gasteiger partial charge in [0.05, 0.1) is 12.2 Å². The topological polar surface area (TPSA) is 50.2 Å². The number of aliphatic imine (C=N–C) groups is 1. The predicted octanol–water partition coefficient (Wildman–Crippen LogP) is 3.61. The Morgan fingerprint density at radius 2 is 1.73 bits per heavy atom. The normalized spacial score (nSPS) is 22.0. The van der Waals surface area contributed by atoms with Gasteiger partial charge in [0.1, 0.15) is 17.2 Å². The van der Waals surface area contributed by atoms with Crippen molar-refractivity contribution in [1.82, 2.24) is 15.3 Å². The Bertz CT molecular complexity index is 971. The molecule has 0 fully saturated rings. The van der Waals surface area contributed by atoms with Crippen molar-refractivity contribution in [3.05, 3.63) is 95.3 Å². The molecule has 130 valence electrons. The minimum absolute atomic E-state index is 0.204. The Hall–Kier alpha value is -3.08. The van der Waals surface area contributed by atoms with Crippen LogP contribution in [-0.4, -0.2) is 21.8 Å². The number of nitrogens with zero attached hydrogens (tertiary/aromatic N) is 3. The van der Waals surface area contributed by atoms with Crippen LogP contribution in [0.25, 0.3) is 0 Å². The van der Waals surface area contributed by atoms with Gasteiger partial charge in [-0.2, -0.15) is 0 Å². The van der Waals surface area contributed by atoms with Crippen molar-refractivity contribution in [1.29, 1.82) is 0 Å². The van der Waals surface area contributed by atoms with E-state index in [4.69, 9.17) is 4.99 Å². The van der Waals surface area contributed by atoms with Crippen LogP contribution < -0.4 is 5.32 Å². The van der Waals surface area contributed by atoms with Gasteiger partial charge in [-0.1, -0.05) is 30.3 Å². The van der Waals surface area contributed by atoms with E-state index in [0.717, 1.165) is 22.5 Å². The molecule has 4 rings (SSSR count). The summed E-state index contributed by atoms with van der Waals surface area (Å²) < 4.78 is 14.8. The number of aryl methyl sites for hydroxylation is 1. The van der Waals surface area contributed by atoms with Gasteiger partial charge in [-0.05, 0) is 37.1 Å². The van der Waals surface area contributed by atoms with E-state index in [1.807, 2.05) is 50.2 Å². The van der Waals surface area contributed by atoms with Crippen LogP contribution >= 0.6 is 0 Å². The van der Waals surface area contributed by atoms with Crippen molar-refractivity contribution in [2.24, 2.45) is 4.99 Å². The first-order valence-corrected chi connectivity index (χ1v) is 8.55. The van der Waals surface area contributed by atoms with Gasteiger partial charge in [-0.15, -0.1) is 0 Å². The lowest BCUT2D eigenvalue weighted by atomic mass is 9.78. The third-order valence-electron chi connectivity index (χ3n) is 4.97. The lowest BCUT2D eigenvalue weighted by Gasteiger charge is -2.35. The lowest BCUT2D eigenvalue weighted by Crippen LogP contribution is -2.48. The SMILES string of the molecule is Cc1cnccc1C1=N[C@H](C)C(c2ccccc2)(c2ccncc2F)N1. The molecule has 26 heavy (non-hydrogen) atoms. The van der Waals surface area contributed by atoms with Crippen LogP contribution in [0.2, 0.25) is 0 Å². The summed E-state index contributed by atoms with van der Waals surface area (Å²) in [5.41, 5.74) is 2.70. The number of nitrogens with one attached hydrogen (secondary N) is 1. The maximum absolute atomic E-state index is 14.8. The second kappa shape index (κ2) is 6.33. The molecule has 0 amide bonds. The predicted molar refractivity (Wildman–Crippen MR) is 99.5 cm³/mol. The number of hydrogen-bond acceptors (Lipinski definition) is 4. The molecule has 0 bridgehead atoms. The third-order valence-corrected chi connectivity index (χ3v) is 4.97. The van der Waals surface area contributed by atoms with Crippen LogP contribution in [0.15, 0.2) is 72.2 Å². The second-order valence-corrected chi connectivity index (χ2v) is 6.50. The fourth-order valence-corrected chi connectivity index (χ4v) is 3.65. The molecule has 0 aliphatic carbocycles. The first-order chi connectivity index (χ1) is 12.6. The van der Waals surface area contributed by atoms with Crippen molar-refractivity contribution < 1.29 is 4.39 Å². The highest BCUT2D eigenvalue weighted by Gasteiger charge is 2.46. The molecule has 1 aromatic carbocycles. The molecule has 1 aliphatic heterocycles. The van der Waals surface area contributed by atoms with Crippen molar-refractivity contribution in [3.8, 4) is 0 Å². The molecule has 4 nitrogen and oxygen atoms in total. The molecule has 1 N–H and O–H groups in total. The van der Waals surface area contributed by atoms with E-state index < -0.39 is 5.54 Å². The Morgan fingerprint density at radius 3 is 2.46 bits per heavy atom. The average Bonchev–Trinajstić information content (AvgIpc) is 3.01. The number of halogens is 1. The summed E-state index contributed by atoms with van der Waals surface area (Å²) in [6.45, 7) is 4.00. The summed E-state index contributed by atoms with van der Waals surface area (Å²) in [6.07, 6.45) is 6.42. The number of hydrogen-bond donors (Lipinski definition) is 1. The van der Waals surface area contributed by atoms with E-state index in [1.54, 1.807) is 24.7 Å². The van der Waals surface area contributed by atoms with E-state index in [9.17, 15) is 4.39 Å². The molecule has 3 aromatic rings. The quantitative estimate of drug-likeness (QED) is 0.788. The number of benzene rings is 1. The minimum Gasteiger partial charge on any atom is -0.354 e. The first kappa shape index (κ1) is 16.4. The standard InChI is InChI=1S/C21H19FN4/c1-14-12-23-10-8-17(14)20-25-15(2)21(26-20,16-6-4-3-5-7-16)18-9-11-24-13-19(18)22/h3-13,15H,1-2H3,(H,25,26)/t15-,21?/m1/s1. The van der Waals surface area contributed by atoms with Crippen molar-refractivity contribution in [2.75, 3.05) is 0 Å². The molecule has 0 saturated heterocycles. The summed E-state index contributed by atoms with van der Waals surface area (Å²) >= 11 is 0. The monoisotopic (exact) mass is 346 g/mol. The minimum atomic E-state index is -0.792.